The highest BCUT2D eigenvalue weighted by molar-refractivity contribution is 5.94. The number of benzene rings is 1. The molecule has 7 heteroatoms. The third kappa shape index (κ3) is 6.00. The topological polar surface area (TPSA) is 68.5 Å². The second-order valence-electron chi connectivity index (χ2n) is 5.18. The second kappa shape index (κ2) is 10.9. The molecule has 0 saturated carbocycles. The van der Waals surface area contributed by atoms with Gasteiger partial charge < -0.3 is 15.4 Å². The van der Waals surface area contributed by atoms with E-state index in [0.29, 0.717) is 24.5 Å². The first-order chi connectivity index (χ1) is 10.6. The standard InChI is InChI=1S/C17H21N3O2.2ClH/c1-13(10-18)20(2)17(21)15-6-3-7-16(9-15)22-12-14-5-4-8-19-11-14;;/h3-9,11,13H,10,12,18H2,1-2H3;2*1H. The average Bonchev–Trinajstić information content (AvgIpc) is 2.59. The molecule has 1 heterocycles. The molecule has 1 aromatic heterocycles. The Balaban J connectivity index is 0.00000264. The number of likely N-dealkylation sites (N-methyl/N-ethyl adjacent to an activating group) is 1. The van der Waals surface area contributed by atoms with Crippen molar-refractivity contribution in [3.05, 3.63) is 59.9 Å². The zero-order valence-corrected chi connectivity index (χ0v) is 15.3. The van der Waals surface area contributed by atoms with E-state index in [9.17, 15) is 4.79 Å². The van der Waals surface area contributed by atoms with Crippen LogP contribution in [-0.4, -0.2) is 35.4 Å². The highest BCUT2D eigenvalue weighted by Gasteiger charge is 2.16. The molecule has 0 spiro atoms. The Kier molecular flexibility index (Phi) is 10.0. The fraction of sp³-hybridized carbons (Fsp3) is 0.294. The monoisotopic (exact) mass is 371 g/mol. The van der Waals surface area contributed by atoms with Crippen molar-refractivity contribution in [3.8, 4) is 5.75 Å². The minimum atomic E-state index is -0.0650. The van der Waals surface area contributed by atoms with Crippen LogP contribution >= 0.6 is 24.8 Å². The third-order valence-electron chi connectivity index (χ3n) is 3.53. The molecule has 1 aromatic carbocycles. The van der Waals surface area contributed by atoms with Crippen LogP contribution in [0.5, 0.6) is 5.75 Å². The fourth-order valence-electron chi connectivity index (χ4n) is 1.93. The molecule has 0 saturated heterocycles. The van der Waals surface area contributed by atoms with Crippen LogP contribution < -0.4 is 10.5 Å². The van der Waals surface area contributed by atoms with E-state index in [1.54, 1.807) is 36.5 Å². The number of ether oxygens (including phenoxy) is 1. The normalized spacial score (nSPS) is 10.8. The van der Waals surface area contributed by atoms with Gasteiger partial charge in [-0.3, -0.25) is 9.78 Å². The van der Waals surface area contributed by atoms with Gasteiger partial charge in [-0.2, -0.15) is 0 Å². The minimum Gasteiger partial charge on any atom is -0.489 e. The highest BCUT2D eigenvalue weighted by atomic mass is 35.5. The highest BCUT2D eigenvalue weighted by Crippen LogP contribution is 2.16. The molecule has 24 heavy (non-hydrogen) atoms. The molecule has 0 radical (unpaired) electrons. The molecule has 0 aliphatic rings. The Morgan fingerprint density at radius 3 is 2.67 bits per heavy atom. The van der Waals surface area contributed by atoms with Crippen LogP contribution in [0.1, 0.15) is 22.8 Å². The van der Waals surface area contributed by atoms with Gasteiger partial charge in [0.05, 0.1) is 0 Å². The van der Waals surface area contributed by atoms with Crippen molar-refractivity contribution in [2.75, 3.05) is 13.6 Å². The van der Waals surface area contributed by atoms with Crippen molar-refractivity contribution in [3.63, 3.8) is 0 Å². The van der Waals surface area contributed by atoms with Gasteiger partial charge in [0.15, 0.2) is 0 Å². The number of nitrogens with two attached hydrogens (primary N) is 1. The van der Waals surface area contributed by atoms with E-state index in [1.165, 1.54) is 0 Å². The maximum absolute atomic E-state index is 12.4. The lowest BCUT2D eigenvalue weighted by atomic mass is 10.1. The number of pyridine rings is 1. The van der Waals surface area contributed by atoms with Crippen LogP contribution in [0.25, 0.3) is 0 Å². The Morgan fingerprint density at radius 2 is 2.04 bits per heavy atom. The van der Waals surface area contributed by atoms with Gasteiger partial charge in [0.2, 0.25) is 0 Å². The van der Waals surface area contributed by atoms with Crippen molar-refractivity contribution in [2.24, 2.45) is 5.73 Å². The van der Waals surface area contributed by atoms with E-state index in [4.69, 9.17) is 10.5 Å². The number of amides is 1. The summed E-state index contributed by atoms with van der Waals surface area (Å²) in [6.07, 6.45) is 3.48. The predicted octanol–water partition coefficient (Wildman–Crippen LogP) is 2.92. The van der Waals surface area contributed by atoms with Crippen molar-refractivity contribution >= 4 is 30.7 Å². The molecular formula is C17H23Cl2N3O2. The maximum atomic E-state index is 12.4. The zero-order chi connectivity index (χ0) is 15.9. The summed E-state index contributed by atoms with van der Waals surface area (Å²) in [5, 5.41) is 0. The molecule has 2 N–H and O–H groups in total. The van der Waals surface area contributed by atoms with E-state index in [-0.39, 0.29) is 36.8 Å². The van der Waals surface area contributed by atoms with E-state index >= 15 is 0 Å². The van der Waals surface area contributed by atoms with Crippen molar-refractivity contribution in [1.82, 2.24) is 9.88 Å². The number of halogens is 2. The number of hydrogen-bond acceptors (Lipinski definition) is 4. The number of hydrogen-bond donors (Lipinski definition) is 1. The SMILES string of the molecule is CC(CN)N(C)C(=O)c1cccc(OCc2cccnc2)c1.Cl.Cl. The van der Waals surface area contributed by atoms with E-state index in [0.717, 1.165) is 5.56 Å². The zero-order valence-electron chi connectivity index (χ0n) is 13.7. The number of nitrogens with zero attached hydrogens (tertiary/aromatic N) is 2. The molecule has 0 fully saturated rings. The lowest BCUT2D eigenvalue weighted by Crippen LogP contribution is -2.39. The minimum absolute atomic E-state index is 0. The van der Waals surface area contributed by atoms with E-state index < -0.39 is 0 Å². The first-order valence-corrected chi connectivity index (χ1v) is 7.21. The van der Waals surface area contributed by atoms with Crippen LogP contribution in [0.15, 0.2) is 48.8 Å². The van der Waals surface area contributed by atoms with Gasteiger partial charge in [-0.05, 0) is 31.2 Å². The molecule has 1 unspecified atom stereocenters. The molecule has 2 rings (SSSR count). The summed E-state index contributed by atoms with van der Waals surface area (Å²) in [7, 11) is 1.75. The molecule has 1 amide bonds. The molecule has 2 aromatic rings. The molecule has 132 valence electrons. The molecule has 0 bridgehead atoms. The number of rotatable bonds is 6. The summed E-state index contributed by atoms with van der Waals surface area (Å²) >= 11 is 0. The van der Waals surface area contributed by atoms with E-state index in [2.05, 4.69) is 4.98 Å². The number of carbonyl (C=O) groups excluding carboxylic acids is 1. The molecular weight excluding hydrogens is 349 g/mol. The first-order valence-electron chi connectivity index (χ1n) is 7.21. The number of carbonyl (C=O) groups is 1. The summed E-state index contributed by atoms with van der Waals surface area (Å²) in [4.78, 5) is 18.1. The molecule has 0 aliphatic heterocycles. The second-order valence-corrected chi connectivity index (χ2v) is 5.18. The van der Waals surface area contributed by atoms with Crippen LogP contribution in [-0.2, 0) is 6.61 Å². The quantitative estimate of drug-likeness (QED) is 0.847. The van der Waals surface area contributed by atoms with Gasteiger partial charge in [-0.1, -0.05) is 12.1 Å². The van der Waals surface area contributed by atoms with Crippen molar-refractivity contribution < 1.29 is 9.53 Å². The average molecular weight is 372 g/mol. The fourth-order valence-corrected chi connectivity index (χ4v) is 1.93. The summed E-state index contributed by atoms with van der Waals surface area (Å²) in [6.45, 7) is 2.76. The Hall–Kier alpha value is -1.82. The third-order valence-corrected chi connectivity index (χ3v) is 3.53. The van der Waals surface area contributed by atoms with Gasteiger partial charge >= 0.3 is 0 Å². The van der Waals surface area contributed by atoms with Gasteiger partial charge in [0, 0.05) is 43.2 Å². The predicted molar refractivity (Wildman–Crippen MR) is 100 cm³/mol. The van der Waals surface area contributed by atoms with Crippen LogP contribution in [0.4, 0.5) is 0 Å². The lowest BCUT2D eigenvalue weighted by Gasteiger charge is -2.23. The first kappa shape index (κ1) is 22.2. The summed E-state index contributed by atoms with van der Waals surface area (Å²) in [5.41, 5.74) is 7.18. The lowest BCUT2D eigenvalue weighted by molar-refractivity contribution is 0.0748. The summed E-state index contributed by atoms with van der Waals surface area (Å²) in [5.74, 6) is 0.591. The van der Waals surface area contributed by atoms with Crippen molar-refractivity contribution in [2.45, 2.75) is 19.6 Å². The van der Waals surface area contributed by atoms with Gasteiger partial charge in [-0.25, -0.2) is 0 Å². The number of aromatic nitrogens is 1. The summed E-state index contributed by atoms with van der Waals surface area (Å²) in [6, 6.07) is 11.0. The van der Waals surface area contributed by atoms with Crippen LogP contribution in [0.3, 0.4) is 0 Å². The van der Waals surface area contributed by atoms with Crippen LogP contribution in [0.2, 0.25) is 0 Å². The van der Waals surface area contributed by atoms with Gasteiger partial charge in [0.25, 0.3) is 5.91 Å². The Bertz CT molecular complexity index is 626. The van der Waals surface area contributed by atoms with Crippen molar-refractivity contribution in [1.29, 1.82) is 0 Å². The summed E-state index contributed by atoms with van der Waals surface area (Å²) < 4.78 is 5.71. The molecule has 1 atom stereocenters. The largest absolute Gasteiger partial charge is 0.489 e. The van der Waals surface area contributed by atoms with E-state index in [1.807, 2.05) is 31.2 Å². The smallest absolute Gasteiger partial charge is 0.254 e. The van der Waals surface area contributed by atoms with Crippen LogP contribution in [0, 0.1) is 0 Å². The van der Waals surface area contributed by atoms with Gasteiger partial charge in [-0.15, -0.1) is 24.8 Å². The van der Waals surface area contributed by atoms with Gasteiger partial charge in [0.1, 0.15) is 12.4 Å². The maximum Gasteiger partial charge on any atom is 0.254 e. The Morgan fingerprint density at radius 1 is 1.29 bits per heavy atom. The molecule has 0 aliphatic carbocycles. The Labute approximate surface area is 155 Å². The molecule has 5 nitrogen and oxygen atoms in total.